The van der Waals surface area contributed by atoms with Crippen LogP contribution in [0.3, 0.4) is 0 Å². The third kappa shape index (κ3) is 13.4. The molecule has 0 saturated carbocycles. The predicted molar refractivity (Wildman–Crippen MR) is 78.0 cm³/mol. The zero-order valence-electron chi connectivity index (χ0n) is 11.6. The Balaban J connectivity index is 3.20. The summed E-state index contributed by atoms with van der Waals surface area (Å²) in [6.07, 6.45) is 7.76. The quantitative estimate of drug-likeness (QED) is 0.453. The Morgan fingerprint density at radius 2 is 1.72 bits per heavy atom. The van der Waals surface area contributed by atoms with Gasteiger partial charge in [-0.15, -0.1) is 0 Å². The van der Waals surface area contributed by atoms with Gasteiger partial charge in [-0.05, 0) is 24.6 Å². The van der Waals surface area contributed by atoms with E-state index in [9.17, 15) is 4.79 Å². The van der Waals surface area contributed by atoms with Crippen molar-refractivity contribution < 1.29 is 14.6 Å². The van der Waals surface area contributed by atoms with Crippen LogP contribution in [0.4, 0.5) is 0 Å². The van der Waals surface area contributed by atoms with Crippen molar-refractivity contribution in [2.45, 2.75) is 65.2 Å². The fourth-order valence-corrected chi connectivity index (χ4v) is 1.84. The van der Waals surface area contributed by atoms with E-state index in [1.807, 2.05) is 0 Å². The minimum Gasteiger partial charge on any atom is -0.487 e. The molecule has 0 heterocycles. The highest BCUT2D eigenvalue weighted by Crippen LogP contribution is 2.10. The predicted octanol–water partition coefficient (Wildman–Crippen LogP) is 4.19. The number of aliphatic carboxylic acids is 1. The molecule has 0 aromatic carbocycles. The molecule has 1 N–H and O–H groups in total. The SMILES string of the molecule is CC(C)CCCCCCCOC(=S)CCC(=O)O. The van der Waals surface area contributed by atoms with Crippen LogP contribution in [0.1, 0.15) is 65.2 Å². The van der Waals surface area contributed by atoms with Gasteiger partial charge in [0.05, 0.1) is 13.0 Å². The Labute approximate surface area is 116 Å². The van der Waals surface area contributed by atoms with Crippen LogP contribution in [-0.2, 0) is 9.53 Å². The number of carboxylic acid groups (broad SMARTS) is 1. The van der Waals surface area contributed by atoms with Crippen molar-refractivity contribution >= 4 is 23.2 Å². The lowest BCUT2D eigenvalue weighted by atomic mass is 10.0. The second-order valence-corrected chi connectivity index (χ2v) is 5.52. The molecule has 0 aromatic heterocycles. The summed E-state index contributed by atoms with van der Waals surface area (Å²) in [5, 5.41) is 8.91. The molecule has 0 amide bonds. The first-order chi connectivity index (χ1) is 8.52. The van der Waals surface area contributed by atoms with Gasteiger partial charge in [0, 0.05) is 6.42 Å². The Morgan fingerprint density at radius 3 is 2.33 bits per heavy atom. The average Bonchev–Trinajstić information content (AvgIpc) is 2.29. The average molecular weight is 274 g/mol. The van der Waals surface area contributed by atoms with E-state index >= 15 is 0 Å². The van der Waals surface area contributed by atoms with Crippen molar-refractivity contribution in [3.63, 3.8) is 0 Å². The number of rotatable bonds is 11. The molecular formula is C14H26O3S. The molecular weight excluding hydrogens is 248 g/mol. The number of carbonyl (C=O) groups is 1. The number of hydrogen-bond donors (Lipinski definition) is 1. The van der Waals surface area contributed by atoms with Crippen LogP contribution in [-0.4, -0.2) is 22.7 Å². The number of ether oxygens (including phenoxy) is 1. The molecule has 0 rings (SSSR count). The fourth-order valence-electron chi connectivity index (χ4n) is 1.65. The number of carboxylic acids is 1. The lowest BCUT2D eigenvalue weighted by molar-refractivity contribution is -0.136. The summed E-state index contributed by atoms with van der Waals surface area (Å²) in [4.78, 5) is 10.3. The van der Waals surface area contributed by atoms with E-state index in [1.165, 1.54) is 32.1 Å². The second-order valence-electron chi connectivity index (χ2n) is 5.06. The molecule has 0 spiro atoms. The van der Waals surface area contributed by atoms with Crippen LogP contribution >= 0.6 is 12.2 Å². The molecule has 106 valence electrons. The largest absolute Gasteiger partial charge is 0.487 e. The van der Waals surface area contributed by atoms with Gasteiger partial charge in [0.15, 0.2) is 5.05 Å². The number of unbranched alkanes of at least 4 members (excludes halogenated alkanes) is 4. The molecule has 4 heteroatoms. The summed E-state index contributed by atoms with van der Waals surface area (Å²) in [6.45, 7) is 5.14. The fraction of sp³-hybridized carbons (Fsp3) is 0.857. The molecule has 0 fully saturated rings. The summed E-state index contributed by atoms with van der Waals surface area (Å²) in [6, 6.07) is 0. The zero-order chi connectivity index (χ0) is 13.8. The van der Waals surface area contributed by atoms with Gasteiger partial charge in [0.2, 0.25) is 0 Å². The van der Waals surface area contributed by atoms with E-state index in [1.54, 1.807) is 0 Å². The third-order valence-electron chi connectivity index (χ3n) is 2.73. The standard InChI is InChI=1S/C14H26O3S/c1-12(2)8-6-4-3-5-7-11-17-14(18)10-9-13(15)16/h12H,3-11H2,1-2H3,(H,15,16). The van der Waals surface area contributed by atoms with Gasteiger partial charge in [-0.1, -0.05) is 46.0 Å². The summed E-state index contributed by atoms with van der Waals surface area (Å²) in [5.41, 5.74) is 0. The van der Waals surface area contributed by atoms with Gasteiger partial charge in [-0.3, -0.25) is 4.79 Å². The van der Waals surface area contributed by atoms with Crippen molar-refractivity contribution in [1.82, 2.24) is 0 Å². The summed E-state index contributed by atoms with van der Waals surface area (Å²) < 4.78 is 5.31. The van der Waals surface area contributed by atoms with Crippen molar-refractivity contribution in [2.75, 3.05) is 6.61 Å². The molecule has 0 radical (unpaired) electrons. The highest BCUT2D eigenvalue weighted by molar-refractivity contribution is 7.80. The van der Waals surface area contributed by atoms with E-state index in [-0.39, 0.29) is 6.42 Å². The van der Waals surface area contributed by atoms with Crippen LogP contribution in [0.5, 0.6) is 0 Å². The monoisotopic (exact) mass is 274 g/mol. The Morgan fingerprint density at radius 1 is 1.11 bits per heavy atom. The van der Waals surface area contributed by atoms with Crippen LogP contribution in [0.2, 0.25) is 0 Å². The van der Waals surface area contributed by atoms with Crippen molar-refractivity contribution in [1.29, 1.82) is 0 Å². The van der Waals surface area contributed by atoms with Gasteiger partial charge < -0.3 is 9.84 Å². The first-order valence-corrected chi connectivity index (χ1v) is 7.30. The molecule has 0 bridgehead atoms. The number of thiocarbonyl (C=S) groups is 1. The Bertz CT molecular complexity index is 239. The van der Waals surface area contributed by atoms with Crippen LogP contribution in [0, 0.1) is 5.92 Å². The minimum atomic E-state index is -0.828. The summed E-state index contributed by atoms with van der Waals surface area (Å²) in [5.74, 6) is -0.0222. The van der Waals surface area contributed by atoms with Gasteiger partial charge >= 0.3 is 5.97 Å². The maximum absolute atomic E-state index is 10.3. The third-order valence-corrected chi connectivity index (χ3v) is 3.05. The van der Waals surface area contributed by atoms with E-state index in [0.29, 0.717) is 18.1 Å². The minimum absolute atomic E-state index is 0.0635. The first kappa shape index (κ1) is 17.4. The van der Waals surface area contributed by atoms with Crippen molar-refractivity contribution in [2.24, 2.45) is 5.92 Å². The van der Waals surface area contributed by atoms with Gasteiger partial charge in [0.1, 0.15) is 0 Å². The lowest BCUT2D eigenvalue weighted by Gasteiger charge is -2.07. The van der Waals surface area contributed by atoms with E-state index in [0.717, 1.165) is 12.3 Å². The molecule has 18 heavy (non-hydrogen) atoms. The molecule has 0 aliphatic rings. The Kier molecular flexibility index (Phi) is 11.0. The van der Waals surface area contributed by atoms with Crippen LogP contribution in [0.25, 0.3) is 0 Å². The van der Waals surface area contributed by atoms with Gasteiger partial charge in [-0.2, -0.15) is 0 Å². The second kappa shape index (κ2) is 11.5. The molecule has 0 saturated heterocycles. The smallest absolute Gasteiger partial charge is 0.303 e. The highest BCUT2D eigenvalue weighted by Gasteiger charge is 2.02. The summed E-state index contributed by atoms with van der Waals surface area (Å²) >= 11 is 4.94. The highest BCUT2D eigenvalue weighted by atomic mass is 32.1. The van der Waals surface area contributed by atoms with Crippen LogP contribution < -0.4 is 0 Å². The molecule has 0 aliphatic carbocycles. The maximum atomic E-state index is 10.3. The maximum Gasteiger partial charge on any atom is 0.303 e. The molecule has 3 nitrogen and oxygen atoms in total. The molecule has 0 aliphatic heterocycles. The first-order valence-electron chi connectivity index (χ1n) is 6.89. The van der Waals surface area contributed by atoms with E-state index < -0.39 is 5.97 Å². The molecule has 0 atom stereocenters. The van der Waals surface area contributed by atoms with E-state index in [2.05, 4.69) is 13.8 Å². The number of hydrogen-bond acceptors (Lipinski definition) is 3. The van der Waals surface area contributed by atoms with E-state index in [4.69, 9.17) is 22.1 Å². The van der Waals surface area contributed by atoms with Crippen molar-refractivity contribution in [3.8, 4) is 0 Å². The molecule has 0 unspecified atom stereocenters. The lowest BCUT2D eigenvalue weighted by Crippen LogP contribution is -2.06. The molecule has 0 aromatic rings. The topological polar surface area (TPSA) is 46.5 Å². The van der Waals surface area contributed by atoms with Gasteiger partial charge in [0.25, 0.3) is 0 Å². The van der Waals surface area contributed by atoms with Gasteiger partial charge in [-0.25, -0.2) is 0 Å². The zero-order valence-corrected chi connectivity index (χ0v) is 12.4. The van der Waals surface area contributed by atoms with Crippen LogP contribution in [0.15, 0.2) is 0 Å². The summed E-state index contributed by atoms with van der Waals surface area (Å²) in [7, 11) is 0. The van der Waals surface area contributed by atoms with Crippen molar-refractivity contribution in [3.05, 3.63) is 0 Å². The normalized spacial score (nSPS) is 10.6. The Hall–Kier alpha value is -0.640.